The predicted octanol–water partition coefficient (Wildman–Crippen LogP) is 3.61. The molecule has 1 aromatic rings. The van der Waals surface area contributed by atoms with Crippen molar-refractivity contribution in [3.8, 4) is 0 Å². The Bertz CT molecular complexity index is 604. The summed E-state index contributed by atoms with van der Waals surface area (Å²) < 4.78 is 5.28. The minimum atomic E-state index is -0.877. The summed E-state index contributed by atoms with van der Waals surface area (Å²) in [6.45, 7) is 1.45. The van der Waals surface area contributed by atoms with Crippen LogP contribution in [0.1, 0.15) is 93.1 Å². The molecule has 0 radical (unpaired) electrons. The topological polar surface area (TPSA) is 96.5 Å². The van der Waals surface area contributed by atoms with E-state index in [2.05, 4.69) is 10.1 Å². The van der Waals surface area contributed by atoms with Crippen LogP contribution >= 0.6 is 0 Å². The Hall–Kier alpha value is -1.92. The zero-order valence-electron chi connectivity index (χ0n) is 15.4. The molecule has 0 bridgehead atoms. The van der Waals surface area contributed by atoms with Gasteiger partial charge in [0.2, 0.25) is 5.89 Å². The zero-order valence-corrected chi connectivity index (χ0v) is 15.4. The Morgan fingerprint density at radius 2 is 1.88 bits per heavy atom. The van der Waals surface area contributed by atoms with Crippen LogP contribution in [0.5, 0.6) is 0 Å². The van der Waals surface area contributed by atoms with E-state index in [1.54, 1.807) is 4.90 Å². The molecule has 1 aliphatic carbocycles. The van der Waals surface area contributed by atoms with Gasteiger partial charge in [-0.3, -0.25) is 9.59 Å². The van der Waals surface area contributed by atoms with E-state index in [0.717, 1.165) is 44.7 Å². The average Bonchev–Trinajstić information content (AvgIpc) is 3.33. The van der Waals surface area contributed by atoms with E-state index < -0.39 is 5.97 Å². The van der Waals surface area contributed by atoms with Crippen molar-refractivity contribution in [2.24, 2.45) is 5.92 Å². The zero-order chi connectivity index (χ0) is 18.4. The Labute approximate surface area is 154 Å². The second-order valence-corrected chi connectivity index (χ2v) is 7.69. The molecule has 2 aliphatic rings. The van der Waals surface area contributed by atoms with E-state index in [1.807, 2.05) is 0 Å². The van der Waals surface area contributed by atoms with Crippen molar-refractivity contribution in [1.82, 2.24) is 15.0 Å². The number of aromatic nitrogens is 2. The first-order chi connectivity index (χ1) is 12.6. The molecule has 3 rings (SSSR count). The van der Waals surface area contributed by atoms with Crippen molar-refractivity contribution < 1.29 is 19.2 Å². The molecule has 0 aromatic carbocycles. The summed E-state index contributed by atoms with van der Waals surface area (Å²) in [6, 6.07) is 0. The lowest BCUT2D eigenvalue weighted by Gasteiger charge is -2.21. The van der Waals surface area contributed by atoms with Gasteiger partial charge in [0.1, 0.15) is 0 Å². The maximum atomic E-state index is 12.4. The van der Waals surface area contributed by atoms with Crippen LogP contribution in [0.3, 0.4) is 0 Å². The lowest BCUT2D eigenvalue weighted by molar-refractivity contribution is -0.137. The molecule has 1 saturated carbocycles. The van der Waals surface area contributed by atoms with E-state index in [-0.39, 0.29) is 24.1 Å². The number of aliphatic carboxylic acids is 1. The quantitative estimate of drug-likeness (QED) is 0.758. The lowest BCUT2D eigenvalue weighted by Crippen LogP contribution is -2.28. The van der Waals surface area contributed by atoms with Crippen molar-refractivity contribution in [2.75, 3.05) is 13.1 Å². The van der Waals surface area contributed by atoms with Gasteiger partial charge in [0, 0.05) is 19.0 Å². The molecular weight excluding hydrogens is 334 g/mol. The standard InChI is InChI=1S/C19H29N3O4/c23-16(24)13-15(10-6-9-14-7-2-1-3-8-14)18-20-17(21-26-18)19(25)22-11-4-5-12-22/h14-15H,1-13H2,(H,23,24)/t15-/m1/s1. The molecule has 26 heavy (non-hydrogen) atoms. The molecule has 2 fully saturated rings. The van der Waals surface area contributed by atoms with Crippen LogP contribution in [-0.2, 0) is 4.79 Å². The molecule has 0 spiro atoms. The van der Waals surface area contributed by atoms with Gasteiger partial charge in [-0.05, 0) is 25.2 Å². The highest BCUT2D eigenvalue weighted by Crippen LogP contribution is 2.31. The number of amides is 1. The highest BCUT2D eigenvalue weighted by Gasteiger charge is 2.27. The monoisotopic (exact) mass is 363 g/mol. The summed E-state index contributed by atoms with van der Waals surface area (Å²) in [5, 5.41) is 13.0. The minimum Gasteiger partial charge on any atom is -0.481 e. The maximum Gasteiger partial charge on any atom is 0.304 e. The predicted molar refractivity (Wildman–Crippen MR) is 94.9 cm³/mol. The van der Waals surface area contributed by atoms with Crippen molar-refractivity contribution in [3.63, 3.8) is 0 Å². The third-order valence-electron chi connectivity index (χ3n) is 5.69. The summed E-state index contributed by atoms with van der Waals surface area (Å²) in [7, 11) is 0. The molecule has 1 aromatic heterocycles. The summed E-state index contributed by atoms with van der Waals surface area (Å²) in [5.74, 6) is -0.289. The molecule has 1 N–H and O–H groups in total. The number of carboxylic acid groups (broad SMARTS) is 1. The lowest BCUT2D eigenvalue weighted by atomic mass is 9.84. The van der Waals surface area contributed by atoms with Crippen LogP contribution in [0, 0.1) is 5.92 Å². The van der Waals surface area contributed by atoms with Crippen molar-refractivity contribution in [3.05, 3.63) is 11.7 Å². The normalized spacial score (nSPS) is 19.6. The highest BCUT2D eigenvalue weighted by molar-refractivity contribution is 5.90. The number of hydrogen-bond acceptors (Lipinski definition) is 5. The molecule has 1 saturated heterocycles. The van der Waals surface area contributed by atoms with Gasteiger partial charge < -0.3 is 14.5 Å². The molecule has 144 valence electrons. The molecule has 7 nitrogen and oxygen atoms in total. The summed E-state index contributed by atoms with van der Waals surface area (Å²) in [4.78, 5) is 29.6. The van der Waals surface area contributed by atoms with Crippen molar-refractivity contribution >= 4 is 11.9 Å². The van der Waals surface area contributed by atoms with Gasteiger partial charge in [-0.1, -0.05) is 50.1 Å². The Kier molecular flexibility index (Phi) is 6.63. The summed E-state index contributed by atoms with van der Waals surface area (Å²) in [6.07, 6.45) is 11.3. The fraction of sp³-hybridized carbons (Fsp3) is 0.789. The molecule has 1 aliphatic heterocycles. The van der Waals surface area contributed by atoms with E-state index in [0.29, 0.717) is 12.3 Å². The first-order valence-electron chi connectivity index (χ1n) is 9.98. The number of carbonyl (C=O) groups is 2. The smallest absolute Gasteiger partial charge is 0.304 e. The van der Waals surface area contributed by atoms with Crippen LogP contribution in [0.15, 0.2) is 4.52 Å². The van der Waals surface area contributed by atoms with E-state index in [9.17, 15) is 14.7 Å². The fourth-order valence-corrected chi connectivity index (χ4v) is 4.20. The third kappa shape index (κ3) is 5.05. The molecular formula is C19H29N3O4. The average molecular weight is 363 g/mol. The van der Waals surface area contributed by atoms with Crippen LogP contribution in [-0.4, -0.2) is 45.1 Å². The summed E-state index contributed by atoms with van der Waals surface area (Å²) in [5.41, 5.74) is 0. The Morgan fingerprint density at radius 1 is 1.15 bits per heavy atom. The van der Waals surface area contributed by atoms with Crippen molar-refractivity contribution in [2.45, 2.75) is 76.5 Å². The van der Waals surface area contributed by atoms with Crippen LogP contribution in [0.4, 0.5) is 0 Å². The number of carboxylic acids is 1. The van der Waals surface area contributed by atoms with Crippen LogP contribution in [0.2, 0.25) is 0 Å². The minimum absolute atomic E-state index is 0.0375. The van der Waals surface area contributed by atoms with Gasteiger partial charge in [-0.25, -0.2) is 0 Å². The van der Waals surface area contributed by atoms with Gasteiger partial charge in [-0.2, -0.15) is 4.98 Å². The van der Waals surface area contributed by atoms with Gasteiger partial charge in [0.25, 0.3) is 11.7 Å². The van der Waals surface area contributed by atoms with Gasteiger partial charge in [0.15, 0.2) is 0 Å². The first-order valence-corrected chi connectivity index (χ1v) is 9.98. The van der Waals surface area contributed by atoms with Gasteiger partial charge in [0.05, 0.1) is 6.42 Å². The van der Waals surface area contributed by atoms with Crippen LogP contribution in [0.25, 0.3) is 0 Å². The third-order valence-corrected chi connectivity index (χ3v) is 5.69. The van der Waals surface area contributed by atoms with Gasteiger partial charge in [-0.15, -0.1) is 0 Å². The molecule has 2 heterocycles. The number of likely N-dealkylation sites (tertiary alicyclic amines) is 1. The number of nitrogens with zero attached hydrogens (tertiary/aromatic N) is 3. The Morgan fingerprint density at radius 3 is 2.58 bits per heavy atom. The van der Waals surface area contributed by atoms with E-state index in [4.69, 9.17) is 4.52 Å². The first kappa shape index (κ1) is 18.9. The van der Waals surface area contributed by atoms with E-state index >= 15 is 0 Å². The molecule has 0 unspecified atom stereocenters. The molecule has 7 heteroatoms. The largest absolute Gasteiger partial charge is 0.481 e. The second kappa shape index (κ2) is 9.14. The van der Waals surface area contributed by atoms with Crippen molar-refractivity contribution in [1.29, 1.82) is 0 Å². The molecule has 1 amide bonds. The number of carbonyl (C=O) groups excluding carboxylic acids is 1. The summed E-state index contributed by atoms with van der Waals surface area (Å²) >= 11 is 0. The Balaban J connectivity index is 1.57. The van der Waals surface area contributed by atoms with Gasteiger partial charge >= 0.3 is 5.97 Å². The second-order valence-electron chi connectivity index (χ2n) is 7.69. The van der Waals surface area contributed by atoms with E-state index in [1.165, 1.54) is 32.1 Å². The fourth-order valence-electron chi connectivity index (χ4n) is 4.20. The van der Waals surface area contributed by atoms with Crippen LogP contribution < -0.4 is 0 Å². The molecule has 1 atom stereocenters. The maximum absolute atomic E-state index is 12.4. The highest BCUT2D eigenvalue weighted by atomic mass is 16.5. The SMILES string of the molecule is O=C(O)C[C@@H](CCCC1CCCCC1)c1nc(C(=O)N2CCCC2)no1. The number of hydrogen-bond donors (Lipinski definition) is 1. The number of rotatable bonds is 8.